The maximum atomic E-state index is 12.2. The van der Waals surface area contributed by atoms with Crippen LogP contribution in [0.2, 0.25) is 0 Å². The summed E-state index contributed by atoms with van der Waals surface area (Å²) in [5, 5.41) is 5.50. The number of likely N-dealkylation sites (tertiary alicyclic amines) is 1. The number of ether oxygens (including phenoxy) is 1. The normalized spacial score (nSPS) is 21.2. The summed E-state index contributed by atoms with van der Waals surface area (Å²) in [6, 6.07) is 7.78. The molecule has 136 valence electrons. The fourth-order valence-electron chi connectivity index (χ4n) is 3.78. The first-order valence-electron chi connectivity index (χ1n) is 9.24. The number of hydrogen-bond donors (Lipinski definition) is 2. The second-order valence-corrected chi connectivity index (χ2v) is 6.81. The van der Waals surface area contributed by atoms with Gasteiger partial charge in [-0.15, -0.1) is 0 Å². The van der Waals surface area contributed by atoms with Crippen molar-refractivity contribution < 1.29 is 14.3 Å². The van der Waals surface area contributed by atoms with Crippen LogP contribution < -0.4 is 15.4 Å². The van der Waals surface area contributed by atoms with E-state index in [0.29, 0.717) is 24.1 Å². The number of carbonyl (C=O) groups is 2. The summed E-state index contributed by atoms with van der Waals surface area (Å²) in [4.78, 5) is 26.8. The predicted molar refractivity (Wildman–Crippen MR) is 96.6 cm³/mol. The molecule has 0 aromatic heterocycles. The molecule has 1 aromatic rings. The molecule has 1 aliphatic carbocycles. The van der Waals surface area contributed by atoms with Gasteiger partial charge >= 0.3 is 11.8 Å². The first kappa shape index (κ1) is 17.7. The van der Waals surface area contributed by atoms with E-state index in [2.05, 4.69) is 15.5 Å². The Labute approximate surface area is 148 Å². The Hall–Kier alpha value is -2.08. The van der Waals surface area contributed by atoms with Crippen LogP contribution >= 0.6 is 0 Å². The minimum absolute atomic E-state index is 0.0635. The molecule has 1 aromatic carbocycles. The van der Waals surface area contributed by atoms with Crippen LogP contribution in [0.25, 0.3) is 0 Å². The summed E-state index contributed by atoms with van der Waals surface area (Å²) in [6.45, 7) is 4.31. The lowest BCUT2D eigenvalue weighted by Crippen LogP contribution is -2.43. The minimum atomic E-state index is -0.632. The van der Waals surface area contributed by atoms with Gasteiger partial charge in [0.1, 0.15) is 5.75 Å². The lowest BCUT2D eigenvalue weighted by atomic mass is 10.2. The molecule has 0 bridgehead atoms. The van der Waals surface area contributed by atoms with Gasteiger partial charge in [-0.1, -0.05) is 18.9 Å². The van der Waals surface area contributed by atoms with Crippen LogP contribution in [0.15, 0.2) is 24.3 Å². The lowest BCUT2D eigenvalue weighted by Gasteiger charge is -2.23. The summed E-state index contributed by atoms with van der Waals surface area (Å²) >= 11 is 0. The highest BCUT2D eigenvalue weighted by Gasteiger charge is 2.31. The van der Waals surface area contributed by atoms with Crippen molar-refractivity contribution in [3.05, 3.63) is 24.3 Å². The van der Waals surface area contributed by atoms with Crippen LogP contribution in [-0.4, -0.2) is 48.5 Å². The number of benzene rings is 1. The highest BCUT2D eigenvalue weighted by atomic mass is 16.5. The summed E-state index contributed by atoms with van der Waals surface area (Å²) < 4.78 is 5.40. The van der Waals surface area contributed by atoms with Gasteiger partial charge in [0.25, 0.3) is 0 Å². The smallest absolute Gasteiger partial charge is 0.313 e. The summed E-state index contributed by atoms with van der Waals surface area (Å²) in [6.07, 6.45) is 6.05. The van der Waals surface area contributed by atoms with E-state index in [9.17, 15) is 9.59 Å². The Morgan fingerprint density at radius 2 is 2.00 bits per heavy atom. The molecule has 1 aliphatic heterocycles. The van der Waals surface area contributed by atoms with Gasteiger partial charge in [0.15, 0.2) is 0 Å². The molecule has 6 heteroatoms. The van der Waals surface area contributed by atoms with E-state index in [1.54, 1.807) is 18.2 Å². The Balaban J connectivity index is 1.48. The first-order chi connectivity index (χ1) is 12.2. The molecule has 1 saturated carbocycles. The molecule has 3 rings (SSSR count). The van der Waals surface area contributed by atoms with E-state index in [-0.39, 0.29) is 6.04 Å². The molecule has 1 unspecified atom stereocenters. The van der Waals surface area contributed by atoms with Crippen molar-refractivity contribution in [1.82, 2.24) is 10.2 Å². The average molecular weight is 345 g/mol. The van der Waals surface area contributed by atoms with Crippen molar-refractivity contribution in [3.8, 4) is 5.75 Å². The van der Waals surface area contributed by atoms with Gasteiger partial charge in [0.05, 0.1) is 6.61 Å². The molecular formula is C19H27N3O3. The molecule has 2 N–H and O–H groups in total. The zero-order valence-corrected chi connectivity index (χ0v) is 14.8. The van der Waals surface area contributed by atoms with Gasteiger partial charge in [0.2, 0.25) is 0 Å². The van der Waals surface area contributed by atoms with Gasteiger partial charge in [0, 0.05) is 36.9 Å². The summed E-state index contributed by atoms with van der Waals surface area (Å²) in [5.74, 6) is -0.531. The van der Waals surface area contributed by atoms with Gasteiger partial charge < -0.3 is 15.4 Å². The SMILES string of the molecule is CCOc1cccc(NC(=O)C(=O)NC2CCN(C3CCCC3)C2)c1. The second-order valence-electron chi connectivity index (χ2n) is 6.81. The summed E-state index contributed by atoms with van der Waals surface area (Å²) in [5.41, 5.74) is 0.560. The Morgan fingerprint density at radius 1 is 1.20 bits per heavy atom. The van der Waals surface area contributed by atoms with Gasteiger partial charge in [-0.05, 0) is 38.3 Å². The topological polar surface area (TPSA) is 70.7 Å². The van der Waals surface area contributed by atoms with Crippen LogP contribution in [0.3, 0.4) is 0 Å². The number of anilines is 1. The molecule has 2 fully saturated rings. The van der Waals surface area contributed by atoms with E-state index < -0.39 is 11.8 Å². The zero-order valence-electron chi connectivity index (χ0n) is 14.8. The molecule has 2 amide bonds. The molecular weight excluding hydrogens is 318 g/mol. The molecule has 0 spiro atoms. The Kier molecular flexibility index (Phi) is 5.91. The lowest BCUT2D eigenvalue weighted by molar-refractivity contribution is -0.136. The van der Waals surface area contributed by atoms with Crippen molar-refractivity contribution in [2.45, 2.75) is 51.1 Å². The van der Waals surface area contributed by atoms with Crippen LogP contribution in [0.5, 0.6) is 5.75 Å². The molecule has 1 heterocycles. The van der Waals surface area contributed by atoms with Crippen LogP contribution in [0, 0.1) is 0 Å². The quantitative estimate of drug-likeness (QED) is 0.802. The Bertz CT molecular complexity index is 614. The predicted octanol–water partition coefficient (Wildman–Crippen LogP) is 2.16. The number of hydrogen-bond acceptors (Lipinski definition) is 4. The van der Waals surface area contributed by atoms with Crippen LogP contribution in [0.4, 0.5) is 5.69 Å². The first-order valence-corrected chi connectivity index (χ1v) is 9.24. The molecule has 1 saturated heterocycles. The van der Waals surface area contributed by atoms with E-state index >= 15 is 0 Å². The molecule has 1 atom stereocenters. The van der Waals surface area contributed by atoms with Crippen molar-refractivity contribution in [3.63, 3.8) is 0 Å². The molecule has 0 radical (unpaired) electrons. The highest BCUT2D eigenvalue weighted by molar-refractivity contribution is 6.39. The number of nitrogens with one attached hydrogen (secondary N) is 2. The van der Waals surface area contributed by atoms with Crippen molar-refractivity contribution >= 4 is 17.5 Å². The molecule has 25 heavy (non-hydrogen) atoms. The molecule has 6 nitrogen and oxygen atoms in total. The second kappa shape index (κ2) is 8.34. The number of nitrogens with zero attached hydrogens (tertiary/aromatic N) is 1. The van der Waals surface area contributed by atoms with Crippen LogP contribution in [-0.2, 0) is 9.59 Å². The van der Waals surface area contributed by atoms with Gasteiger partial charge in [-0.2, -0.15) is 0 Å². The van der Waals surface area contributed by atoms with Crippen LogP contribution in [0.1, 0.15) is 39.0 Å². The standard InChI is InChI=1S/C19H27N3O3/c1-2-25-17-9-5-6-14(12-17)20-18(23)19(24)21-15-10-11-22(13-15)16-7-3-4-8-16/h5-6,9,12,15-16H,2-4,7-8,10-11,13H2,1H3,(H,20,23)(H,21,24). The number of carbonyl (C=O) groups excluding carboxylic acids is 2. The van der Waals surface area contributed by atoms with Gasteiger partial charge in [-0.25, -0.2) is 0 Å². The third-order valence-electron chi connectivity index (χ3n) is 5.01. The van der Waals surface area contributed by atoms with Crippen molar-refractivity contribution in [2.24, 2.45) is 0 Å². The minimum Gasteiger partial charge on any atom is -0.494 e. The fraction of sp³-hybridized carbons (Fsp3) is 0.579. The van der Waals surface area contributed by atoms with E-state index in [0.717, 1.165) is 19.5 Å². The van der Waals surface area contributed by atoms with Crippen molar-refractivity contribution in [1.29, 1.82) is 0 Å². The van der Waals surface area contributed by atoms with Crippen molar-refractivity contribution in [2.75, 3.05) is 25.0 Å². The third-order valence-corrected chi connectivity index (χ3v) is 5.01. The van der Waals surface area contributed by atoms with E-state index in [1.807, 2.05) is 13.0 Å². The maximum Gasteiger partial charge on any atom is 0.313 e. The highest BCUT2D eigenvalue weighted by Crippen LogP contribution is 2.26. The van der Waals surface area contributed by atoms with E-state index in [4.69, 9.17) is 4.74 Å². The van der Waals surface area contributed by atoms with E-state index in [1.165, 1.54) is 25.7 Å². The average Bonchev–Trinajstić information content (AvgIpc) is 3.26. The zero-order chi connectivity index (χ0) is 17.6. The number of rotatable bonds is 5. The fourth-order valence-corrected chi connectivity index (χ4v) is 3.78. The summed E-state index contributed by atoms with van der Waals surface area (Å²) in [7, 11) is 0. The van der Waals surface area contributed by atoms with Gasteiger partial charge in [-0.3, -0.25) is 14.5 Å². The monoisotopic (exact) mass is 345 g/mol. The third kappa shape index (κ3) is 4.72. The Morgan fingerprint density at radius 3 is 2.76 bits per heavy atom. The number of amides is 2. The maximum absolute atomic E-state index is 12.2. The molecule has 2 aliphatic rings. The largest absolute Gasteiger partial charge is 0.494 e.